The van der Waals surface area contributed by atoms with Gasteiger partial charge >= 0.3 is 5.97 Å². The van der Waals surface area contributed by atoms with Gasteiger partial charge in [0.25, 0.3) is 0 Å². The minimum atomic E-state index is -0.998. The van der Waals surface area contributed by atoms with Gasteiger partial charge in [-0.25, -0.2) is 0 Å². The Balaban J connectivity index is 1.85. The van der Waals surface area contributed by atoms with Gasteiger partial charge in [-0.2, -0.15) is 0 Å². The summed E-state index contributed by atoms with van der Waals surface area (Å²) in [6.07, 6.45) is 5.05. The number of halogens is 2. The van der Waals surface area contributed by atoms with Crippen molar-refractivity contribution in [2.45, 2.75) is 54.9 Å². The third-order valence-corrected chi connectivity index (χ3v) is 6.26. The maximum absolute atomic E-state index is 13.3. The lowest BCUT2D eigenvalue weighted by Crippen LogP contribution is -2.41. The normalized spacial score (nSPS) is 31.8. The van der Waals surface area contributed by atoms with Crippen LogP contribution in [0.4, 0.5) is 0 Å². The van der Waals surface area contributed by atoms with Crippen molar-refractivity contribution in [3.8, 4) is 5.75 Å². The quantitative estimate of drug-likeness (QED) is 0.408. The van der Waals surface area contributed by atoms with E-state index in [0.29, 0.717) is 42.2 Å². The lowest BCUT2D eigenvalue weighted by Gasteiger charge is -2.35. The highest BCUT2D eigenvalue weighted by Crippen LogP contribution is 2.49. The summed E-state index contributed by atoms with van der Waals surface area (Å²) in [7, 11) is 0. The third-order valence-electron chi connectivity index (χ3n) is 5.79. The van der Waals surface area contributed by atoms with E-state index in [-0.39, 0.29) is 5.78 Å². The summed E-state index contributed by atoms with van der Waals surface area (Å²) in [4.78, 5) is 25.1. The van der Waals surface area contributed by atoms with Crippen LogP contribution in [0.3, 0.4) is 0 Å². The van der Waals surface area contributed by atoms with Crippen molar-refractivity contribution in [1.82, 2.24) is 0 Å². The van der Waals surface area contributed by atoms with Crippen molar-refractivity contribution >= 4 is 35.0 Å². The molecule has 4 nitrogen and oxygen atoms in total. The van der Waals surface area contributed by atoms with Gasteiger partial charge in [0.2, 0.25) is 0 Å². The predicted molar refractivity (Wildman–Crippen MR) is 94.1 cm³/mol. The van der Waals surface area contributed by atoms with Crippen LogP contribution in [-0.2, 0) is 14.3 Å². The molecular weight excluding hydrogens is 363 g/mol. The summed E-state index contributed by atoms with van der Waals surface area (Å²) >= 11 is 12.2. The molecule has 2 fully saturated rings. The van der Waals surface area contributed by atoms with E-state index in [1.165, 1.54) is 0 Å². The van der Waals surface area contributed by atoms with E-state index in [4.69, 9.17) is 32.7 Å². The van der Waals surface area contributed by atoms with E-state index in [0.717, 1.165) is 25.7 Å². The molecule has 0 amide bonds. The number of esters is 1. The highest BCUT2D eigenvalue weighted by Gasteiger charge is 2.57. The van der Waals surface area contributed by atoms with Crippen LogP contribution in [0.25, 0.3) is 0 Å². The second-order valence-corrected chi connectivity index (χ2v) is 8.30. The van der Waals surface area contributed by atoms with Crippen molar-refractivity contribution in [2.75, 3.05) is 6.61 Å². The fraction of sp³-hybridized carbons (Fsp3) is 0.579. The third kappa shape index (κ3) is 2.83. The van der Waals surface area contributed by atoms with Crippen LogP contribution in [-0.4, -0.2) is 24.0 Å². The van der Waals surface area contributed by atoms with Gasteiger partial charge in [0.1, 0.15) is 16.5 Å². The standard InChI is InChI=1S/C19H20Cl2O4/c20-17(21)12-4-1-5-13-14(12)15-16(22)19(25-18(15)23)8-6-11(7-9-19)3-2-10-24-13/h1,4-5,11,15,17H,2-3,6-10H2. The largest absolute Gasteiger partial charge is 0.493 e. The summed E-state index contributed by atoms with van der Waals surface area (Å²) < 4.78 is 11.6. The maximum Gasteiger partial charge on any atom is 0.322 e. The van der Waals surface area contributed by atoms with Gasteiger partial charge in [0.15, 0.2) is 11.4 Å². The molecular formula is C19H20Cl2O4. The Labute approximate surface area is 156 Å². The molecule has 1 aromatic carbocycles. The van der Waals surface area contributed by atoms with Crippen molar-refractivity contribution in [3.63, 3.8) is 0 Å². The van der Waals surface area contributed by atoms with Crippen LogP contribution >= 0.6 is 23.2 Å². The first-order chi connectivity index (χ1) is 12.0. The zero-order valence-electron chi connectivity index (χ0n) is 13.8. The topological polar surface area (TPSA) is 52.6 Å². The van der Waals surface area contributed by atoms with Crippen LogP contribution < -0.4 is 4.74 Å². The van der Waals surface area contributed by atoms with Crippen LogP contribution in [0, 0.1) is 5.92 Å². The Morgan fingerprint density at radius 3 is 2.60 bits per heavy atom. The number of ketones is 1. The van der Waals surface area contributed by atoms with Gasteiger partial charge in [-0.3, -0.25) is 9.59 Å². The number of alkyl halides is 2. The summed E-state index contributed by atoms with van der Waals surface area (Å²) in [6, 6.07) is 5.29. The predicted octanol–water partition coefficient (Wildman–Crippen LogP) is 4.47. The highest BCUT2D eigenvalue weighted by molar-refractivity contribution is 6.44. The zero-order chi connectivity index (χ0) is 17.6. The maximum atomic E-state index is 13.3. The lowest BCUT2D eigenvalue weighted by atomic mass is 9.73. The summed E-state index contributed by atoms with van der Waals surface area (Å²) in [5.74, 6) is -0.591. The highest BCUT2D eigenvalue weighted by atomic mass is 35.5. The van der Waals surface area contributed by atoms with Gasteiger partial charge in [-0.15, -0.1) is 23.2 Å². The van der Waals surface area contributed by atoms with E-state index < -0.39 is 22.3 Å². The van der Waals surface area contributed by atoms with E-state index in [1.54, 1.807) is 18.2 Å². The van der Waals surface area contributed by atoms with Crippen LogP contribution in [0.2, 0.25) is 0 Å². The van der Waals surface area contributed by atoms with Crippen LogP contribution in [0.1, 0.15) is 60.4 Å². The van der Waals surface area contributed by atoms with E-state index in [2.05, 4.69) is 0 Å². The molecule has 1 unspecified atom stereocenters. The Kier molecular flexibility index (Phi) is 4.45. The number of Topliss-reactive ketones (excluding diaryl/α,β-unsaturated/α-hetero) is 1. The first kappa shape index (κ1) is 17.2. The molecule has 1 saturated carbocycles. The molecule has 1 aromatic rings. The summed E-state index contributed by atoms with van der Waals surface area (Å²) in [5.41, 5.74) is 0.0432. The number of rotatable bonds is 1. The number of hydrogen-bond acceptors (Lipinski definition) is 4. The molecule has 0 radical (unpaired) electrons. The Morgan fingerprint density at radius 1 is 1.12 bits per heavy atom. The van der Waals surface area contributed by atoms with Gasteiger partial charge < -0.3 is 9.47 Å². The van der Waals surface area contributed by atoms with Gasteiger partial charge in [-0.1, -0.05) is 12.1 Å². The fourth-order valence-electron chi connectivity index (χ4n) is 4.44. The van der Waals surface area contributed by atoms with Crippen molar-refractivity contribution in [2.24, 2.45) is 5.92 Å². The minimum absolute atomic E-state index is 0.164. The fourth-order valence-corrected chi connectivity index (χ4v) is 4.82. The molecule has 3 heterocycles. The molecule has 1 aliphatic carbocycles. The molecule has 25 heavy (non-hydrogen) atoms. The Bertz CT molecular complexity index is 707. The van der Waals surface area contributed by atoms with Crippen molar-refractivity contribution in [3.05, 3.63) is 29.3 Å². The number of benzene rings is 1. The molecule has 1 atom stereocenters. The molecule has 3 bridgehead atoms. The van der Waals surface area contributed by atoms with E-state index in [1.807, 2.05) is 0 Å². The number of carbonyl (C=O) groups is 2. The zero-order valence-corrected chi connectivity index (χ0v) is 15.3. The summed E-state index contributed by atoms with van der Waals surface area (Å²) in [5, 5.41) is 0. The van der Waals surface area contributed by atoms with Gasteiger partial charge in [0, 0.05) is 5.56 Å². The van der Waals surface area contributed by atoms with Crippen LogP contribution in [0.15, 0.2) is 18.2 Å². The van der Waals surface area contributed by atoms with E-state index >= 15 is 0 Å². The number of carbonyl (C=O) groups excluding carboxylic acids is 2. The molecule has 134 valence electrons. The lowest BCUT2D eigenvalue weighted by molar-refractivity contribution is -0.155. The van der Waals surface area contributed by atoms with Gasteiger partial charge in [0.05, 0.1) is 6.61 Å². The van der Waals surface area contributed by atoms with Crippen molar-refractivity contribution < 1.29 is 19.1 Å². The van der Waals surface area contributed by atoms with Gasteiger partial charge in [-0.05, 0) is 56.1 Å². The number of hydrogen-bond donors (Lipinski definition) is 0. The molecule has 1 spiro atoms. The average molecular weight is 383 g/mol. The second-order valence-electron chi connectivity index (χ2n) is 7.21. The Morgan fingerprint density at radius 2 is 1.88 bits per heavy atom. The molecule has 3 aliphatic heterocycles. The number of ether oxygens (including phenoxy) is 2. The number of fused-ring (bicyclic) bond motifs is 5. The molecule has 0 aromatic heterocycles. The summed E-state index contributed by atoms with van der Waals surface area (Å²) in [6.45, 7) is 0.545. The second kappa shape index (κ2) is 6.48. The SMILES string of the molecule is O=C1OC23CCC(CCCOc4cccc(C(Cl)Cl)c4C1C2=O)CC3. The molecule has 5 rings (SSSR count). The van der Waals surface area contributed by atoms with Crippen molar-refractivity contribution in [1.29, 1.82) is 0 Å². The first-order valence-corrected chi connectivity index (χ1v) is 9.70. The van der Waals surface area contributed by atoms with E-state index in [9.17, 15) is 9.59 Å². The molecule has 6 heteroatoms. The van der Waals surface area contributed by atoms with Crippen LogP contribution in [0.5, 0.6) is 5.75 Å². The smallest absolute Gasteiger partial charge is 0.322 e. The minimum Gasteiger partial charge on any atom is -0.493 e. The monoisotopic (exact) mass is 382 g/mol. The molecule has 4 aliphatic rings. The molecule has 0 N–H and O–H groups in total. The molecule has 1 saturated heterocycles. The Hall–Kier alpha value is -1.26. The first-order valence-electron chi connectivity index (χ1n) is 8.83. The average Bonchev–Trinajstić information content (AvgIpc) is 2.83.